The van der Waals surface area contributed by atoms with Crippen LogP contribution in [0.4, 0.5) is 10.3 Å². The molecule has 2 aromatic heterocycles. The first-order valence-corrected chi connectivity index (χ1v) is 16.0. The maximum absolute atomic E-state index is 14.8. The van der Waals surface area contributed by atoms with Crippen LogP contribution in [0.25, 0.3) is 15.9 Å². The van der Waals surface area contributed by atoms with Gasteiger partial charge in [-0.3, -0.25) is 9.69 Å². The first-order valence-electron chi connectivity index (χ1n) is 15.1. The number of benzene rings is 3. The summed E-state index contributed by atoms with van der Waals surface area (Å²) in [7, 11) is 2.19. The number of anilines is 1. The Labute approximate surface area is 257 Å². The van der Waals surface area contributed by atoms with E-state index in [1.165, 1.54) is 28.1 Å². The van der Waals surface area contributed by atoms with Crippen molar-refractivity contribution in [1.82, 2.24) is 14.5 Å². The zero-order chi connectivity index (χ0) is 30.2. The third-order valence-corrected chi connectivity index (χ3v) is 9.40. The van der Waals surface area contributed by atoms with Gasteiger partial charge in [0.15, 0.2) is 0 Å². The molecule has 1 aliphatic heterocycles. The number of hydrogen-bond donors (Lipinski definition) is 0. The number of fused-ring (bicyclic) bond motifs is 3. The number of rotatable bonds is 8. The molecule has 7 heteroatoms. The summed E-state index contributed by atoms with van der Waals surface area (Å²) in [6.07, 6.45) is 0.709. The third-order valence-electron chi connectivity index (χ3n) is 8.22. The molecule has 0 amide bonds. The van der Waals surface area contributed by atoms with Gasteiger partial charge in [0.2, 0.25) is 5.95 Å². The van der Waals surface area contributed by atoms with Gasteiger partial charge in [-0.2, -0.15) is 0 Å². The third kappa shape index (κ3) is 5.64. The van der Waals surface area contributed by atoms with Crippen molar-refractivity contribution in [1.29, 1.82) is 0 Å². The van der Waals surface area contributed by atoms with Gasteiger partial charge >= 0.3 is 0 Å². The van der Waals surface area contributed by atoms with Gasteiger partial charge in [-0.1, -0.05) is 88.4 Å². The number of nitrogens with zero attached hydrogens (tertiary/aromatic N) is 4. The van der Waals surface area contributed by atoms with E-state index in [2.05, 4.69) is 93.1 Å². The van der Waals surface area contributed by atoms with Gasteiger partial charge in [0.25, 0.3) is 5.56 Å². The van der Waals surface area contributed by atoms with Crippen LogP contribution in [0.5, 0.6) is 0 Å². The van der Waals surface area contributed by atoms with E-state index in [1.807, 2.05) is 12.1 Å². The summed E-state index contributed by atoms with van der Waals surface area (Å²) in [5, 5.41) is 0.678. The molecular formula is C36H39FN4OS. The SMILES string of the molecule is CC(C)CN(CC(C)C)c1nc2sc3c(c2c(=O)n1-c1ccc(F)cc1)CC(c1ccccc1)N(C)C3c1ccccc1. The molecule has 2 atom stereocenters. The molecule has 5 aromatic rings. The normalized spacial score (nSPS) is 17.1. The Morgan fingerprint density at radius 3 is 2.05 bits per heavy atom. The summed E-state index contributed by atoms with van der Waals surface area (Å²) < 4.78 is 15.8. The molecule has 43 heavy (non-hydrogen) atoms. The molecule has 222 valence electrons. The molecule has 3 aromatic carbocycles. The summed E-state index contributed by atoms with van der Waals surface area (Å²) in [5.41, 5.74) is 4.02. The summed E-state index contributed by atoms with van der Waals surface area (Å²) in [6.45, 7) is 10.2. The molecule has 1 aliphatic rings. The van der Waals surface area contributed by atoms with Crippen LogP contribution in [0.2, 0.25) is 0 Å². The van der Waals surface area contributed by atoms with Crippen LogP contribution in [-0.4, -0.2) is 34.6 Å². The minimum atomic E-state index is -0.332. The molecule has 0 saturated heterocycles. The molecule has 6 rings (SSSR count). The minimum absolute atomic E-state index is 0.0149. The van der Waals surface area contributed by atoms with Crippen LogP contribution >= 0.6 is 11.3 Å². The van der Waals surface area contributed by atoms with E-state index in [-0.39, 0.29) is 23.5 Å². The van der Waals surface area contributed by atoms with Crippen molar-refractivity contribution in [2.75, 3.05) is 25.0 Å². The Morgan fingerprint density at radius 1 is 0.884 bits per heavy atom. The highest BCUT2D eigenvalue weighted by molar-refractivity contribution is 7.19. The molecule has 0 radical (unpaired) electrons. The molecule has 2 unspecified atom stereocenters. The first-order chi connectivity index (χ1) is 20.7. The van der Waals surface area contributed by atoms with Crippen molar-refractivity contribution in [3.8, 4) is 5.69 Å². The van der Waals surface area contributed by atoms with Crippen LogP contribution in [0.3, 0.4) is 0 Å². The standard InChI is InChI=1S/C36H39FN4OS/c1-23(2)21-40(22-24(3)4)36-38-34-31(35(42)41(36)28-18-16-27(37)17-19-28)29-20-30(25-12-8-6-9-13-25)39(5)32(33(29)43-34)26-14-10-7-11-15-26/h6-19,23-24,30,32H,20-22H2,1-5H3. The molecule has 0 N–H and O–H groups in total. The molecule has 5 nitrogen and oxygen atoms in total. The fraction of sp³-hybridized carbons (Fsp3) is 0.333. The molecule has 0 fully saturated rings. The molecule has 0 saturated carbocycles. The Kier molecular flexibility index (Phi) is 8.21. The number of aromatic nitrogens is 2. The number of halogens is 1. The van der Waals surface area contributed by atoms with Gasteiger partial charge in [-0.05, 0) is 66.3 Å². The van der Waals surface area contributed by atoms with E-state index in [1.54, 1.807) is 28.0 Å². The smallest absolute Gasteiger partial charge is 0.268 e. The van der Waals surface area contributed by atoms with Crippen molar-refractivity contribution in [3.63, 3.8) is 0 Å². The highest BCUT2D eigenvalue weighted by Gasteiger charge is 2.38. The lowest BCUT2D eigenvalue weighted by Crippen LogP contribution is -2.37. The van der Waals surface area contributed by atoms with Crippen LogP contribution in [0.15, 0.2) is 89.7 Å². The fourth-order valence-electron chi connectivity index (χ4n) is 6.44. The predicted molar refractivity (Wildman–Crippen MR) is 176 cm³/mol. The van der Waals surface area contributed by atoms with Crippen LogP contribution in [-0.2, 0) is 6.42 Å². The second-order valence-corrected chi connectivity index (χ2v) is 13.5. The lowest BCUT2D eigenvalue weighted by atomic mass is 9.87. The first kappa shape index (κ1) is 29.3. The van der Waals surface area contributed by atoms with Gasteiger partial charge in [0.05, 0.1) is 17.1 Å². The van der Waals surface area contributed by atoms with E-state index in [0.717, 1.165) is 23.5 Å². The Hall–Kier alpha value is -3.81. The second kappa shape index (κ2) is 12.1. The average Bonchev–Trinajstić information content (AvgIpc) is 3.35. The monoisotopic (exact) mass is 594 g/mol. The van der Waals surface area contributed by atoms with Crippen molar-refractivity contribution in [2.24, 2.45) is 11.8 Å². The van der Waals surface area contributed by atoms with Crippen molar-refractivity contribution < 1.29 is 4.39 Å². The lowest BCUT2D eigenvalue weighted by Gasteiger charge is -2.40. The Morgan fingerprint density at radius 2 is 1.47 bits per heavy atom. The number of thiophene rings is 1. The van der Waals surface area contributed by atoms with Crippen molar-refractivity contribution in [3.05, 3.63) is 123 Å². The fourth-order valence-corrected chi connectivity index (χ4v) is 7.81. The zero-order valence-electron chi connectivity index (χ0n) is 25.5. The van der Waals surface area contributed by atoms with E-state index in [9.17, 15) is 9.18 Å². The zero-order valence-corrected chi connectivity index (χ0v) is 26.3. The van der Waals surface area contributed by atoms with Crippen molar-refractivity contribution >= 4 is 27.5 Å². The van der Waals surface area contributed by atoms with Crippen molar-refractivity contribution in [2.45, 2.75) is 46.2 Å². The highest BCUT2D eigenvalue weighted by Crippen LogP contribution is 2.48. The maximum atomic E-state index is 14.8. The highest BCUT2D eigenvalue weighted by atomic mass is 32.1. The summed E-state index contributed by atoms with van der Waals surface area (Å²) in [5.74, 6) is 1.02. The van der Waals surface area contributed by atoms with Gasteiger partial charge in [0.1, 0.15) is 10.6 Å². The molecule has 3 heterocycles. The average molecular weight is 595 g/mol. The molecule has 0 spiro atoms. The van der Waals surface area contributed by atoms with Crippen LogP contribution < -0.4 is 10.5 Å². The van der Waals surface area contributed by atoms with Crippen LogP contribution in [0.1, 0.15) is 61.3 Å². The minimum Gasteiger partial charge on any atom is -0.341 e. The molecular weight excluding hydrogens is 555 g/mol. The van der Waals surface area contributed by atoms with Gasteiger partial charge in [-0.15, -0.1) is 11.3 Å². The Balaban J connectivity index is 1.64. The van der Waals surface area contributed by atoms with E-state index >= 15 is 0 Å². The number of hydrogen-bond acceptors (Lipinski definition) is 5. The van der Waals surface area contributed by atoms with E-state index < -0.39 is 0 Å². The topological polar surface area (TPSA) is 41.4 Å². The largest absolute Gasteiger partial charge is 0.341 e. The summed E-state index contributed by atoms with van der Waals surface area (Å²) in [4.78, 5) is 26.7. The second-order valence-electron chi connectivity index (χ2n) is 12.5. The quantitative estimate of drug-likeness (QED) is 0.182. The predicted octanol–water partition coefficient (Wildman–Crippen LogP) is 8.02. The lowest BCUT2D eigenvalue weighted by molar-refractivity contribution is 0.185. The molecule has 0 aliphatic carbocycles. The van der Waals surface area contributed by atoms with Gasteiger partial charge < -0.3 is 4.90 Å². The van der Waals surface area contributed by atoms with Gasteiger partial charge in [0, 0.05) is 24.0 Å². The summed E-state index contributed by atoms with van der Waals surface area (Å²) >= 11 is 1.64. The molecule has 0 bridgehead atoms. The van der Waals surface area contributed by atoms with Gasteiger partial charge in [-0.25, -0.2) is 13.9 Å². The summed E-state index contributed by atoms with van der Waals surface area (Å²) in [6, 6.07) is 27.4. The Bertz CT molecular complexity index is 1750. The number of likely N-dealkylation sites (N-methyl/N-ethyl adjacent to an activating group) is 1. The van der Waals surface area contributed by atoms with E-state index in [0.29, 0.717) is 35.3 Å². The van der Waals surface area contributed by atoms with E-state index in [4.69, 9.17) is 4.98 Å². The van der Waals surface area contributed by atoms with Crippen LogP contribution in [0, 0.1) is 17.7 Å². The maximum Gasteiger partial charge on any atom is 0.268 e.